The minimum atomic E-state index is -0.809. The molecule has 2 N–H and O–H groups in total. The highest BCUT2D eigenvalue weighted by atomic mass is 79.9. The van der Waals surface area contributed by atoms with E-state index in [-0.39, 0.29) is 5.91 Å². The molecular formula is C20H16BrClN2O3. The minimum absolute atomic E-state index is 0.285. The maximum absolute atomic E-state index is 12.5. The van der Waals surface area contributed by atoms with Crippen LogP contribution in [0.5, 0.6) is 0 Å². The molecule has 1 unspecified atom stereocenters. The van der Waals surface area contributed by atoms with Crippen LogP contribution in [0.4, 0.5) is 0 Å². The van der Waals surface area contributed by atoms with E-state index in [2.05, 4.69) is 26.2 Å². The Morgan fingerprint density at radius 2 is 2.15 bits per heavy atom. The maximum Gasteiger partial charge on any atom is 0.339 e. The van der Waals surface area contributed by atoms with Crippen LogP contribution in [0.1, 0.15) is 21.5 Å². The van der Waals surface area contributed by atoms with Crippen LogP contribution in [0.2, 0.25) is 5.02 Å². The van der Waals surface area contributed by atoms with E-state index in [4.69, 9.17) is 16.3 Å². The number of carbonyl (C=O) groups is 2. The quantitative estimate of drug-likeness (QED) is 0.593. The number of esters is 1. The molecule has 138 valence electrons. The summed E-state index contributed by atoms with van der Waals surface area (Å²) in [6.45, 7) is 0.442. The summed E-state index contributed by atoms with van der Waals surface area (Å²) >= 11 is 9.46. The molecule has 0 fully saturated rings. The van der Waals surface area contributed by atoms with Gasteiger partial charge in [-0.3, -0.25) is 4.79 Å². The van der Waals surface area contributed by atoms with Gasteiger partial charge in [0.2, 0.25) is 0 Å². The number of halogens is 2. The van der Waals surface area contributed by atoms with Crippen molar-refractivity contribution in [1.82, 2.24) is 10.3 Å². The highest BCUT2D eigenvalue weighted by Crippen LogP contribution is 2.25. The van der Waals surface area contributed by atoms with Gasteiger partial charge in [0.1, 0.15) is 0 Å². The largest absolute Gasteiger partial charge is 0.448 e. The zero-order valence-corrected chi connectivity index (χ0v) is 16.6. The monoisotopic (exact) mass is 446 g/mol. The summed E-state index contributed by atoms with van der Waals surface area (Å²) in [7, 11) is 0. The van der Waals surface area contributed by atoms with Crippen LogP contribution in [-0.2, 0) is 22.4 Å². The Bertz CT molecular complexity index is 1050. The van der Waals surface area contributed by atoms with Crippen molar-refractivity contribution in [3.05, 3.63) is 68.8 Å². The van der Waals surface area contributed by atoms with Crippen LogP contribution in [0.15, 0.2) is 47.1 Å². The highest BCUT2D eigenvalue weighted by molar-refractivity contribution is 9.10. The molecule has 5 nitrogen and oxygen atoms in total. The van der Waals surface area contributed by atoms with Gasteiger partial charge >= 0.3 is 5.97 Å². The zero-order chi connectivity index (χ0) is 19.0. The van der Waals surface area contributed by atoms with Gasteiger partial charge in [0.25, 0.3) is 5.91 Å². The second kappa shape index (κ2) is 7.37. The molecule has 4 rings (SSSR count). The Morgan fingerprint density at radius 3 is 3.00 bits per heavy atom. The van der Waals surface area contributed by atoms with E-state index in [1.165, 1.54) is 0 Å². The Hall–Kier alpha value is -2.31. The lowest BCUT2D eigenvalue weighted by Crippen LogP contribution is -2.42. The van der Waals surface area contributed by atoms with Crippen molar-refractivity contribution in [1.29, 1.82) is 0 Å². The van der Waals surface area contributed by atoms with Gasteiger partial charge in [0.05, 0.1) is 5.56 Å². The number of fused-ring (bicyclic) bond motifs is 2. The number of amides is 1. The summed E-state index contributed by atoms with van der Waals surface area (Å²) in [4.78, 5) is 27.8. The molecule has 2 aromatic carbocycles. The summed E-state index contributed by atoms with van der Waals surface area (Å²) in [5, 5.41) is 4.58. The third-order valence-corrected chi connectivity index (χ3v) is 5.39. The fourth-order valence-electron chi connectivity index (χ4n) is 3.30. The van der Waals surface area contributed by atoms with Crippen molar-refractivity contribution in [3.8, 4) is 0 Å². The van der Waals surface area contributed by atoms with E-state index in [0.29, 0.717) is 30.0 Å². The van der Waals surface area contributed by atoms with Crippen LogP contribution in [0.25, 0.3) is 10.9 Å². The highest BCUT2D eigenvalue weighted by Gasteiger charge is 2.31. The first-order valence-corrected chi connectivity index (χ1v) is 9.71. The van der Waals surface area contributed by atoms with Crippen molar-refractivity contribution < 1.29 is 14.3 Å². The number of benzene rings is 2. The second-order valence-electron chi connectivity index (χ2n) is 6.44. The topological polar surface area (TPSA) is 71.2 Å². The summed E-state index contributed by atoms with van der Waals surface area (Å²) < 4.78 is 6.17. The number of hydrogen-bond acceptors (Lipinski definition) is 3. The van der Waals surface area contributed by atoms with E-state index in [0.717, 1.165) is 26.5 Å². The maximum atomic E-state index is 12.5. The van der Waals surface area contributed by atoms with Crippen molar-refractivity contribution in [2.75, 3.05) is 6.54 Å². The number of nitrogens with one attached hydrogen (secondary N) is 2. The predicted octanol–water partition coefficient (Wildman–Crippen LogP) is 4.02. The lowest BCUT2D eigenvalue weighted by Gasteiger charge is -2.24. The number of ether oxygens (including phenoxy) is 1. The standard InChI is InChI=1S/C20H16BrClN2O3/c21-13-1-3-15-12(7-13)8-18(27-20(15)26)19(25)23-6-5-11-10-24-17-4-2-14(22)9-16(11)17/h1-4,7,9-10,18,24H,5-6,8H2,(H,23,25). The Labute approximate surface area is 169 Å². The van der Waals surface area contributed by atoms with Gasteiger partial charge < -0.3 is 15.0 Å². The zero-order valence-electron chi connectivity index (χ0n) is 14.2. The molecule has 1 aromatic heterocycles. The molecule has 27 heavy (non-hydrogen) atoms. The van der Waals surface area contributed by atoms with Gasteiger partial charge in [0.15, 0.2) is 6.10 Å². The molecule has 0 saturated carbocycles. The first kappa shape index (κ1) is 18.1. The summed E-state index contributed by atoms with van der Waals surface area (Å²) in [5.74, 6) is -0.748. The molecule has 0 aliphatic carbocycles. The van der Waals surface area contributed by atoms with Gasteiger partial charge in [-0.1, -0.05) is 27.5 Å². The summed E-state index contributed by atoms with van der Waals surface area (Å²) in [5.41, 5.74) is 3.40. The molecule has 0 bridgehead atoms. The molecule has 0 saturated heterocycles. The lowest BCUT2D eigenvalue weighted by molar-refractivity contribution is -0.130. The van der Waals surface area contributed by atoms with Gasteiger partial charge in [-0.25, -0.2) is 4.79 Å². The smallest absolute Gasteiger partial charge is 0.339 e. The van der Waals surface area contributed by atoms with E-state index in [1.807, 2.05) is 30.5 Å². The van der Waals surface area contributed by atoms with Crippen LogP contribution < -0.4 is 5.32 Å². The first-order valence-electron chi connectivity index (χ1n) is 8.54. The molecule has 1 atom stereocenters. The van der Waals surface area contributed by atoms with E-state index in [1.54, 1.807) is 12.1 Å². The average Bonchev–Trinajstić information content (AvgIpc) is 3.03. The molecule has 1 amide bonds. The van der Waals surface area contributed by atoms with Gasteiger partial charge in [-0.2, -0.15) is 0 Å². The van der Waals surface area contributed by atoms with Crippen molar-refractivity contribution in [2.24, 2.45) is 0 Å². The van der Waals surface area contributed by atoms with Gasteiger partial charge in [-0.05, 0) is 53.9 Å². The van der Waals surface area contributed by atoms with Crippen molar-refractivity contribution in [3.63, 3.8) is 0 Å². The molecule has 1 aliphatic rings. The number of H-pyrrole nitrogens is 1. The number of carbonyl (C=O) groups excluding carboxylic acids is 2. The minimum Gasteiger partial charge on any atom is -0.448 e. The average molecular weight is 448 g/mol. The summed E-state index contributed by atoms with van der Waals surface area (Å²) in [6, 6.07) is 11.0. The fraction of sp³-hybridized carbons (Fsp3) is 0.200. The van der Waals surface area contributed by atoms with Crippen molar-refractivity contribution >= 4 is 50.3 Å². The Morgan fingerprint density at radius 1 is 1.30 bits per heavy atom. The number of aromatic amines is 1. The Balaban J connectivity index is 1.39. The van der Waals surface area contributed by atoms with Crippen molar-refractivity contribution in [2.45, 2.75) is 18.9 Å². The van der Waals surface area contributed by atoms with E-state index in [9.17, 15) is 9.59 Å². The second-order valence-corrected chi connectivity index (χ2v) is 7.80. The van der Waals surface area contributed by atoms with Gasteiger partial charge in [-0.15, -0.1) is 0 Å². The number of hydrogen-bond donors (Lipinski definition) is 2. The third-order valence-electron chi connectivity index (χ3n) is 4.66. The first-order chi connectivity index (χ1) is 13.0. The molecule has 2 heterocycles. The molecule has 0 radical (unpaired) electrons. The number of aromatic nitrogens is 1. The van der Waals surface area contributed by atoms with Crippen LogP contribution in [0, 0.1) is 0 Å². The van der Waals surface area contributed by atoms with Crippen LogP contribution in [-0.4, -0.2) is 29.5 Å². The molecular weight excluding hydrogens is 432 g/mol. The van der Waals surface area contributed by atoms with Gasteiger partial charge in [0, 0.05) is 39.6 Å². The molecule has 3 aromatic rings. The Kier molecular flexibility index (Phi) is 4.93. The normalized spacial score (nSPS) is 16.1. The van der Waals surface area contributed by atoms with E-state index >= 15 is 0 Å². The molecule has 7 heteroatoms. The molecule has 0 spiro atoms. The number of cyclic esters (lactones) is 1. The summed E-state index contributed by atoms with van der Waals surface area (Å²) in [6.07, 6.45) is 2.13. The van der Waals surface area contributed by atoms with Crippen LogP contribution in [0.3, 0.4) is 0 Å². The third kappa shape index (κ3) is 3.73. The number of rotatable bonds is 4. The molecule has 1 aliphatic heterocycles. The van der Waals surface area contributed by atoms with Crippen LogP contribution >= 0.6 is 27.5 Å². The predicted molar refractivity (Wildman–Crippen MR) is 107 cm³/mol. The SMILES string of the molecule is O=C1OC(C(=O)NCCc2c[nH]c3ccc(Cl)cc23)Cc2cc(Br)ccc21. The lowest BCUT2D eigenvalue weighted by atomic mass is 9.98. The fourth-order valence-corrected chi connectivity index (χ4v) is 3.88. The van der Waals surface area contributed by atoms with E-state index < -0.39 is 12.1 Å².